The molecule has 1 aromatic rings. The van der Waals surface area contributed by atoms with Crippen molar-refractivity contribution in [1.82, 2.24) is 4.90 Å². The fraction of sp³-hybridized carbons (Fsp3) is 0.500. The monoisotopic (exact) mass is 265 g/mol. The Labute approximate surface area is 110 Å². The number of nitrogens with zero attached hydrogens (tertiary/aromatic N) is 2. The predicted octanol–water partition coefficient (Wildman–Crippen LogP) is 1.28. The summed E-state index contributed by atoms with van der Waals surface area (Å²) in [6.07, 6.45) is 0. The smallest absolute Gasteiger partial charge is 0.239 e. The first-order chi connectivity index (χ1) is 8.70. The van der Waals surface area contributed by atoms with Gasteiger partial charge in [0, 0.05) is 12.6 Å². The molecule has 1 N–H and O–H groups in total. The van der Waals surface area contributed by atoms with Gasteiger partial charge in [0.15, 0.2) is 0 Å². The molecular weight excluding hydrogens is 250 g/mol. The first kappa shape index (κ1) is 13.0. The molecule has 1 fully saturated rings. The van der Waals surface area contributed by atoms with Crippen LogP contribution in [0.5, 0.6) is 0 Å². The Bertz CT molecular complexity index is 466. The molecule has 1 aliphatic heterocycles. The molecule has 6 heteroatoms. The number of amides is 1. The number of hydrogen-bond donors (Lipinski definition) is 1. The van der Waals surface area contributed by atoms with Gasteiger partial charge in [-0.15, -0.1) is 11.3 Å². The van der Waals surface area contributed by atoms with Crippen molar-refractivity contribution in [2.45, 2.75) is 13.0 Å². The van der Waals surface area contributed by atoms with Gasteiger partial charge in [0.2, 0.25) is 5.91 Å². The molecule has 5 nitrogen and oxygen atoms in total. The maximum atomic E-state index is 11.9. The summed E-state index contributed by atoms with van der Waals surface area (Å²) in [5.74, 6) is -0.0808. The van der Waals surface area contributed by atoms with E-state index in [0.29, 0.717) is 30.3 Å². The van der Waals surface area contributed by atoms with Crippen LogP contribution in [-0.2, 0) is 9.53 Å². The highest BCUT2D eigenvalue weighted by Gasteiger charge is 2.21. The summed E-state index contributed by atoms with van der Waals surface area (Å²) in [6.45, 7) is 4.48. The summed E-state index contributed by atoms with van der Waals surface area (Å²) < 4.78 is 5.32. The van der Waals surface area contributed by atoms with Crippen molar-refractivity contribution in [3.05, 3.63) is 17.0 Å². The zero-order chi connectivity index (χ0) is 13.0. The molecule has 18 heavy (non-hydrogen) atoms. The number of anilines is 1. The van der Waals surface area contributed by atoms with Crippen LogP contribution < -0.4 is 5.32 Å². The van der Waals surface area contributed by atoms with Gasteiger partial charge in [-0.1, -0.05) is 0 Å². The van der Waals surface area contributed by atoms with E-state index in [1.165, 1.54) is 11.3 Å². The minimum absolute atomic E-state index is 0.0808. The molecule has 2 heterocycles. The summed E-state index contributed by atoms with van der Waals surface area (Å²) in [5, 5.41) is 14.1. The van der Waals surface area contributed by atoms with E-state index in [2.05, 4.69) is 16.3 Å². The highest BCUT2D eigenvalue weighted by atomic mass is 32.1. The van der Waals surface area contributed by atoms with E-state index in [-0.39, 0.29) is 11.9 Å². The van der Waals surface area contributed by atoms with E-state index in [0.717, 1.165) is 6.54 Å². The molecule has 0 bridgehead atoms. The molecule has 0 aliphatic carbocycles. The Kier molecular flexibility index (Phi) is 4.31. The van der Waals surface area contributed by atoms with E-state index in [4.69, 9.17) is 10.00 Å². The lowest BCUT2D eigenvalue weighted by Gasteiger charge is -2.32. The van der Waals surface area contributed by atoms with Gasteiger partial charge in [-0.2, -0.15) is 5.26 Å². The number of morpholine rings is 1. The number of nitriles is 1. The average Bonchev–Trinajstić information content (AvgIpc) is 2.79. The van der Waals surface area contributed by atoms with Crippen LogP contribution in [0.2, 0.25) is 0 Å². The van der Waals surface area contributed by atoms with Crippen LogP contribution in [0.3, 0.4) is 0 Å². The normalized spacial score (nSPS) is 20.3. The third kappa shape index (κ3) is 3.07. The van der Waals surface area contributed by atoms with Crippen molar-refractivity contribution in [2.75, 3.05) is 31.6 Å². The van der Waals surface area contributed by atoms with Gasteiger partial charge in [-0.3, -0.25) is 9.69 Å². The molecule has 0 saturated carbocycles. The van der Waals surface area contributed by atoms with Crippen LogP contribution in [0.4, 0.5) is 5.00 Å². The minimum Gasteiger partial charge on any atom is -0.379 e. The predicted molar refractivity (Wildman–Crippen MR) is 69.5 cm³/mol. The Morgan fingerprint density at radius 3 is 3.33 bits per heavy atom. The lowest BCUT2D eigenvalue weighted by atomic mass is 10.2. The molecule has 1 atom stereocenters. The lowest BCUT2D eigenvalue weighted by Crippen LogP contribution is -2.47. The lowest BCUT2D eigenvalue weighted by molar-refractivity contribution is -0.119. The number of ether oxygens (including phenoxy) is 1. The van der Waals surface area contributed by atoms with E-state index >= 15 is 0 Å². The van der Waals surface area contributed by atoms with E-state index in [9.17, 15) is 4.79 Å². The Morgan fingerprint density at radius 1 is 1.78 bits per heavy atom. The summed E-state index contributed by atoms with van der Waals surface area (Å²) in [4.78, 5) is 14.0. The highest BCUT2D eigenvalue weighted by molar-refractivity contribution is 7.14. The number of rotatable bonds is 3. The van der Waals surface area contributed by atoms with Crippen LogP contribution in [0.1, 0.15) is 12.5 Å². The van der Waals surface area contributed by atoms with E-state index in [1.807, 2.05) is 6.92 Å². The largest absolute Gasteiger partial charge is 0.379 e. The van der Waals surface area contributed by atoms with E-state index < -0.39 is 0 Å². The third-order valence-corrected chi connectivity index (χ3v) is 3.72. The summed E-state index contributed by atoms with van der Waals surface area (Å²) in [5.41, 5.74) is 0.517. The first-order valence-electron chi connectivity index (χ1n) is 5.80. The van der Waals surface area contributed by atoms with Gasteiger partial charge < -0.3 is 10.1 Å². The van der Waals surface area contributed by atoms with Crippen LogP contribution in [0, 0.1) is 11.3 Å². The third-order valence-electron chi connectivity index (χ3n) is 2.89. The molecule has 0 spiro atoms. The average molecular weight is 265 g/mol. The molecule has 0 radical (unpaired) electrons. The maximum Gasteiger partial charge on any atom is 0.239 e. The molecule has 1 aromatic heterocycles. The minimum atomic E-state index is -0.0808. The second kappa shape index (κ2) is 5.96. The second-order valence-electron chi connectivity index (χ2n) is 4.22. The molecule has 1 amide bonds. The number of hydrogen-bond acceptors (Lipinski definition) is 5. The van der Waals surface area contributed by atoms with Gasteiger partial charge in [-0.25, -0.2) is 0 Å². The maximum absolute atomic E-state index is 11.9. The fourth-order valence-corrected chi connectivity index (χ4v) is 2.59. The quantitative estimate of drug-likeness (QED) is 0.894. The molecule has 1 aliphatic rings. The molecule has 0 unspecified atom stereocenters. The number of carbonyl (C=O) groups excluding carboxylic acids is 1. The number of thiophene rings is 1. The summed E-state index contributed by atoms with van der Waals surface area (Å²) in [6, 6.07) is 4.01. The standard InChI is InChI=1S/C12H15N3O2S/c1-9-8-17-4-3-15(9)7-11(16)14-12-10(6-13)2-5-18-12/h2,5,9H,3-4,7-8H2,1H3,(H,14,16)/t9-/m1/s1. The van der Waals surface area contributed by atoms with Crippen molar-refractivity contribution in [3.63, 3.8) is 0 Å². The van der Waals surface area contributed by atoms with Crippen molar-refractivity contribution >= 4 is 22.2 Å². The second-order valence-corrected chi connectivity index (χ2v) is 5.13. The van der Waals surface area contributed by atoms with Gasteiger partial charge in [-0.05, 0) is 18.4 Å². The van der Waals surface area contributed by atoms with Gasteiger partial charge in [0.1, 0.15) is 11.1 Å². The topological polar surface area (TPSA) is 65.4 Å². The van der Waals surface area contributed by atoms with Crippen LogP contribution in [0.25, 0.3) is 0 Å². The summed E-state index contributed by atoms with van der Waals surface area (Å²) >= 11 is 1.37. The molecular formula is C12H15N3O2S. The van der Waals surface area contributed by atoms with Crippen molar-refractivity contribution in [1.29, 1.82) is 5.26 Å². The van der Waals surface area contributed by atoms with Crippen molar-refractivity contribution in [3.8, 4) is 6.07 Å². The number of nitrogens with one attached hydrogen (secondary N) is 1. The Morgan fingerprint density at radius 2 is 2.61 bits per heavy atom. The molecule has 96 valence electrons. The van der Waals surface area contributed by atoms with E-state index in [1.54, 1.807) is 11.4 Å². The molecule has 2 rings (SSSR count). The van der Waals surface area contributed by atoms with Crippen molar-refractivity contribution < 1.29 is 9.53 Å². The zero-order valence-electron chi connectivity index (χ0n) is 10.2. The van der Waals surface area contributed by atoms with Crippen LogP contribution in [-0.4, -0.2) is 43.2 Å². The highest BCUT2D eigenvalue weighted by Crippen LogP contribution is 2.22. The Balaban J connectivity index is 1.91. The first-order valence-corrected chi connectivity index (χ1v) is 6.68. The Hall–Kier alpha value is -1.42. The summed E-state index contributed by atoms with van der Waals surface area (Å²) in [7, 11) is 0. The fourth-order valence-electron chi connectivity index (χ4n) is 1.84. The zero-order valence-corrected chi connectivity index (χ0v) is 11.0. The van der Waals surface area contributed by atoms with Crippen molar-refractivity contribution in [2.24, 2.45) is 0 Å². The van der Waals surface area contributed by atoms with Gasteiger partial charge >= 0.3 is 0 Å². The molecule has 0 aromatic carbocycles. The molecule has 1 saturated heterocycles. The van der Waals surface area contributed by atoms with Gasteiger partial charge in [0.25, 0.3) is 0 Å². The van der Waals surface area contributed by atoms with Crippen LogP contribution in [0.15, 0.2) is 11.4 Å². The van der Waals surface area contributed by atoms with Gasteiger partial charge in [0.05, 0.1) is 25.3 Å². The SMILES string of the molecule is C[C@@H]1COCCN1CC(=O)Nc1sccc1C#N. The van der Waals surface area contributed by atoms with Crippen LogP contribution >= 0.6 is 11.3 Å². The number of carbonyl (C=O) groups is 1.